The molecule has 4 heteroatoms. The van der Waals surface area contributed by atoms with Gasteiger partial charge in [0.25, 0.3) is 5.91 Å². The number of rotatable bonds is 5. The molecule has 0 bridgehead atoms. The lowest BCUT2D eigenvalue weighted by atomic mass is 10.1. The molecule has 1 amide bonds. The van der Waals surface area contributed by atoms with E-state index in [1.807, 2.05) is 32.9 Å². The van der Waals surface area contributed by atoms with Crippen molar-refractivity contribution in [3.05, 3.63) is 35.1 Å². The van der Waals surface area contributed by atoms with Crippen LogP contribution in [0.4, 0.5) is 0 Å². The van der Waals surface area contributed by atoms with Crippen LogP contribution in [-0.2, 0) is 0 Å². The molecule has 1 aromatic heterocycles. The number of carbonyl (C=O) groups is 1. The van der Waals surface area contributed by atoms with Crippen molar-refractivity contribution < 1.29 is 14.3 Å². The van der Waals surface area contributed by atoms with Gasteiger partial charge in [0.1, 0.15) is 5.58 Å². The highest BCUT2D eigenvalue weighted by molar-refractivity contribution is 5.96. The third-order valence-corrected chi connectivity index (χ3v) is 3.59. The highest BCUT2D eigenvalue weighted by atomic mass is 16.3. The van der Waals surface area contributed by atoms with Crippen LogP contribution in [0, 0.1) is 13.8 Å². The van der Waals surface area contributed by atoms with Crippen LogP contribution in [0.2, 0.25) is 0 Å². The Kier molecular flexibility index (Phi) is 4.45. The van der Waals surface area contributed by atoms with Gasteiger partial charge in [0.2, 0.25) is 0 Å². The Labute approximate surface area is 118 Å². The minimum atomic E-state index is -0.365. The van der Waals surface area contributed by atoms with Gasteiger partial charge in [0.15, 0.2) is 5.76 Å². The van der Waals surface area contributed by atoms with Crippen molar-refractivity contribution in [1.29, 1.82) is 0 Å². The van der Waals surface area contributed by atoms with Gasteiger partial charge < -0.3 is 14.8 Å². The fraction of sp³-hybridized carbons (Fsp3) is 0.438. The monoisotopic (exact) mass is 275 g/mol. The number of benzene rings is 1. The molecule has 1 atom stereocenters. The quantitative estimate of drug-likeness (QED) is 0.882. The Morgan fingerprint density at radius 3 is 2.70 bits per heavy atom. The molecule has 108 valence electrons. The summed E-state index contributed by atoms with van der Waals surface area (Å²) in [6.45, 7) is 6.41. The van der Waals surface area contributed by atoms with Gasteiger partial charge in [0.05, 0.1) is 6.10 Å². The van der Waals surface area contributed by atoms with Gasteiger partial charge in [-0.1, -0.05) is 6.92 Å². The lowest BCUT2D eigenvalue weighted by Crippen LogP contribution is -2.26. The van der Waals surface area contributed by atoms with Crippen molar-refractivity contribution in [2.75, 3.05) is 6.54 Å². The summed E-state index contributed by atoms with van der Waals surface area (Å²) in [6.07, 6.45) is 0.885. The van der Waals surface area contributed by atoms with Crippen molar-refractivity contribution in [1.82, 2.24) is 5.32 Å². The zero-order valence-corrected chi connectivity index (χ0v) is 12.2. The summed E-state index contributed by atoms with van der Waals surface area (Å²) in [6, 6.07) is 5.72. The van der Waals surface area contributed by atoms with Gasteiger partial charge in [-0.05, 0) is 56.0 Å². The molecule has 20 heavy (non-hydrogen) atoms. The molecule has 0 fully saturated rings. The highest BCUT2D eigenvalue weighted by Crippen LogP contribution is 2.23. The summed E-state index contributed by atoms with van der Waals surface area (Å²) in [5.41, 5.74) is 3.05. The van der Waals surface area contributed by atoms with Crippen molar-refractivity contribution in [2.24, 2.45) is 0 Å². The van der Waals surface area contributed by atoms with Crippen molar-refractivity contribution in [3.8, 4) is 0 Å². The van der Waals surface area contributed by atoms with Gasteiger partial charge in [-0.25, -0.2) is 0 Å². The van der Waals surface area contributed by atoms with E-state index in [9.17, 15) is 9.90 Å². The topological polar surface area (TPSA) is 62.5 Å². The molecule has 0 saturated carbocycles. The molecular formula is C16H21NO3. The van der Waals surface area contributed by atoms with Crippen LogP contribution >= 0.6 is 0 Å². The molecule has 0 aliphatic rings. The molecule has 1 aromatic carbocycles. The van der Waals surface area contributed by atoms with Gasteiger partial charge in [0, 0.05) is 11.9 Å². The van der Waals surface area contributed by atoms with Crippen LogP contribution in [-0.4, -0.2) is 23.7 Å². The van der Waals surface area contributed by atoms with E-state index < -0.39 is 0 Å². The second-order valence-corrected chi connectivity index (χ2v) is 5.19. The van der Waals surface area contributed by atoms with Gasteiger partial charge in [-0.15, -0.1) is 0 Å². The van der Waals surface area contributed by atoms with E-state index >= 15 is 0 Å². The first kappa shape index (κ1) is 14.6. The standard InChI is InChI=1S/C16H21NO3/c1-4-13(18)5-6-17-16(19)15-9-12-7-10(2)11(3)8-14(12)20-15/h7-9,13,18H,4-6H2,1-3H3,(H,17,19). The summed E-state index contributed by atoms with van der Waals surface area (Å²) in [5.74, 6) is 0.0794. The van der Waals surface area contributed by atoms with E-state index in [0.29, 0.717) is 25.1 Å². The lowest BCUT2D eigenvalue weighted by Gasteiger charge is -2.07. The number of carbonyl (C=O) groups excluding carboxylic acids is 1. The molecule has 0 spiro atoms. The fourth-order valence-corrected chi connectivity index (χ4v) is 2.06. The van der Waals surface area contributed by atoms with Crippen LogP contribution in [0.15, 0.2) is 22.6 Å². The largest absolute Gasteiger partial charge is 0.451 e. The van der Waals surface area contributed by atoms with Crippen LogP contribution in [0.25, 0.3) is 11.0 Å². The summed E-state index contributed by atoms with van der Waals surface area (Å²) in [5, 5.41) is 13.1. The van der Waals surface area contributed by atoms with E-state index in [0.717, 1.165) is 16.5 Å². The Morgan fingerprint density at radius 1 is 1.30 bits per heavy atom. The third-order valence-electron chi connectivity index (χ3n) is 3.59. The number of nitrogens with one attached hydrogen (secondary N) is 1. The molecule has 0 aliphatic heterocycles. The highest BCUT2D eigenvalue weighted by Gasteiger charge is 2.13. The third kappa shape index (κ3) is 3.20. The Balaban J connectivity index is 2.07. The maximum absolute atomic E-state index is 12.0. The van der Waals surface area contributed by atoms with Crippen LogP contribution in [0.1, 0.15) is 41.4 Å². The van der Waals surface area contributed by atoms with E-state index in [4.69, 9.17) is 4.42 Å². The number of hydrogen-bond donors (Lipinski definition) is 2. The zero-order valence-electron chi connectivity index (χ0n) is 12.2. The molecular weight excluding hydrogens is 254 g/mol. The number of hydrogen-bond acceptors (Lipinski definition) is 3. The predicted octanol–water partition coefficient (Wildman–Crippen LogP) is 2.94. The smallest absolute Gasteiger partial charge is 0.287 e. The number of fused-ring (bicyclic) bond motifs is 1. The number of aliphatic hydroxyl groups excluding tert-OH is 1. The normalized spacial score (nSPS) is 12.6. The van der Waals surface area contributed by atoms with Crippen LogP contribution in [0.3, 0.4) is 0 Å². The fourth-order valence-electron chi connectivity index (χ4n) is 2.06. The average molecular weight is 275 g/mol. The number of aryl methyl sites for hydroxylation is 2. The van der Waals surface area contributed by atoms with Gasteiger partial charge in [-0.2, -0.15) is 0 Å². The summed E-state index contributed by atoms with van der Waals surface area (Å²) >= 11 is 0. The molecule has 0 saturated heterocycles. The van der Waals surface area contributed by atoms with Crippen molar-refractivity contribution in [2.45, 2.75) is 39.7 Å². The maximum Gasteiger partial charge on any atom is 0.287 e. The summed E-state index contributed by atoms with van der Waals surface area (Å²) in [4.78, 5) is 12.0. The van der Waals surface area contributed by atoms with Crippen LogP contribution < -0.4 is 5.32 Å². The Morgan fingerprint density at radius 2 is 2.00 bits per heavy atom. The SMILES string of the molecule is CCC(O)CCNC(=O)c1cc2cc(C)c(C)cc2o1. The van der Waals surface area contributed by atoms with E-state index in [1.54, 1.807) is 6.07 Å². The minimum absolute atomic E-state index is 0.236. The van der Waals surface area contributed by atoms with Gasteiger partial charge >= 0.3 is 0 Å². The Hall–Kier alpha value is -1.81. The number of furan rings is 1. The van der Waals surface area contributed by atoms with Crippen molar-refractivity contribution in [3.63, 3.8) is 0 Å². The minimum Gasteiger partial charge on any atom is -0.451 e. The van der Waals surface area contributed by atoms with E-state index in [2.05, 4.69) is 5.32 Å². The first-order valence-corrected chi connectivity index (χ1v) is 6.98. The van der Waals surface area contributed by atoms with Gasteiger partial charge in [-0.3, -0.25) is 4.79 Å². The van der Waals surface area contributed by atoms with E-state index in [1.165, 1.54) is 5.56 Å². The molecule has 2 N–H and O–H groups in total. The average Bonchev–Trinajstić information content (AvgIpc) is 2.81. The molecule has 4 nitrogen and oxygen atoms in total. The second-order valence-electron chi connectivity index (χ2n) is 5.19. The van der Waals surface area contributed by atoms with Crippen molar-refractivity contribution >= 4 is 16.9 Å². The predicted molar refractivity (Wildman–Crippen MR) is 78.9 cm³/mol. The maximum atomic E-state index is 12.0. The summed E-state index contributed by atoms with van der Waals surface area (Å²) < 4.78 is 5.57. The van der Waals surface area contributed by atoms with E-state index in [-0.39, 0.29) is 12.0 Å². The number of amides is 1. The molecule has 2 rings (SSSR count). The first-order chi connectivity index (χ1) is 9.51. The first-order valence-electron chi connectivity index (χ1n) is 6.98. The number of aliphatic hydroxyl groups is 1. The molecule has 2 aromatic rings. The lowest BCUT2D eigenvalue weighted by molar-refractivity contribution is 0.0916. The Bertz CT molecular complexity index is 576. The molecule has 1 unspecified atom stereocenters. The zero-order chi connectivity index (χ0) is 14.7. The summed E-state index contributed by atoms with van der Waals surface area (Å²) in [7, 11) is 0. The molecule has 0 aliphatic carbocycles. The molecule has 0 radical (unpaired) electrons. The molecule has 1 heterocycles. The van der Waals surface area contributed by atoms with Crippen LogP contribution in [0.5, 0.6) is 0 Å². The second kappa shape index (κ2) is 6.09.